The highest BCUT2D eigenvalue weighted by molar-refractivity contribution is 6.30. The van der Waals surface area contributed by atoms with Crippen molar-refractivity contribution in [1.82, 2.24) is 9.38 Å². The van der Waals surface area contributed by atoms with E-state index in [1.807, 2.05) is 6.92 Å². The van der Waals surface area contributed by atoms with Gasteiger partial charge >= 0.3 is 5.97 Å². The molecule has 18 heavy (non-hydrogen) atoms. The molecule has 0 bridgehead atoms. The molecule has 0 atom stereocenters. The van der Waals surface area contributed by atoms with Crippen LogP contribution in [0, 0.1) is 0 Å². The molecular formula is C12H11ClN2O3. The molecule has 5 nitrogen and oxygen atoms in total. The first-order valence-corrected chi connectivity index (χ1v) is 5.86. The molecule has 0 aliphatic heterocycles. The van der Waals surface area contributed by atoms with Crippen molar-refractivity contribution in [3.63, 3.8) is 0 Å². The second kappa shape index (κ2) is 4.78. The zero-order chi connectivity index (χ0) is 13.3. The van der Waals surface area contributed by atoms with Gasteiger partial charge in [-0.1, -0.05) is 24.9 Å². The van der Waals surface area contributed by atoms with E-state index in [0.717, 1.165) is 6.42 Å². The number of hydrogen-bond donors (Lipinski definition) is 1. The fourth-order valence-electron chi connectivity index (χ4n) is 1.74. The van der Waals surface area contributed by atoms with Gasteiger partial charge in [0, 0.05) is 6.20 Å². The van der Waals surface area contributed by atoms with Gasteiger partial charge in [0.15, 0.2) is 0 Å². The molecule has 0 saturated heterocycles. The highest BCUT2D eigenvalue weighted by Gasteiger charge is 2.12. The SMILES string of the molecule is CCCc1c(Cl)nc2cc(C(=O)O)ccn2c1=O. The second-order valence-corrected chi connectivity index (χ2v) is 4.24. The summed E-state index contributed by atoms with van der Waals surface area (Å²) in [5.74, 6) is -1.07. The van der Waals surface area contributed by atoms with E-state index >= 15 is 0 Å². The van der Waals surface area contributed by atoms with Crippen LogP contribution < -0.4 is 5.56 Å². The van der Waals surface area contributed by atoms with Crippen molar-refractivity contribution in [1.29, 1.82) is 0 Å². The van der Waals surface area contributed by atoms with Gasteiger partial charge in [0.25, 0.3) is 5.56 Å². The van der Waals surface area contributed by atoms with Gasteiger partial charge in [-0.15, -0.1) is 0 Å². The van der Waals surface area contributed by atoms with Gasteiger partial charge in [-0.3, -0.25) is 9.20 Å². The molecule has 2 heterocycles. The third kappa shape index (κ3) is 2.09. The van der Waals surface area contributed by atoms with Crippen LogP contribution in [0.2, 0.25) is 5.15 Å². The van der Waals surface area contributed by atoms with Crippen molar-refractivity contribution in [2.24, 2.45) is 0 Å². The van der Waals surface area contributed by atoms with Crippen LogP contribution in [0.25, 0.3) is 5.65 Å². The van der Waals surface area contributed by atoms with Crippen molar-refractivity contribution in [2.45, 2.75) is 19.8 Å². The van der Waals surface area contributed by atoms with Gasteiger partial charge in [-0.2, -0.15) is 0 Å². The van der Waals surface area contributed by atoms with Crippen molar-refractivity contribution >= 4 is 23.2 Å². The zero-order valence-electron chi connectivity index (χ0n) is 9.68. The quantitative estimate of drug-likeness (QED) is 0.863. The first kappa shape index (κ1) is 12.6. The topological polar surface area (TPSA) is 71.7 Å². The summed E-state index contributed by atoms with van der Waals surface area (Å²) in [5, 5.41) is 9.02. The summed E-state index contributed by atoms with van der Waals surface area (Å²) < 4.78 is 1.31. The number of nitrogens with zero attached hydrogens (tertiary/aromatic N) is 2. The Bertz CT molecular complexity index is 679. The first-order chi connectivity index (χ1) is 8.54. The molecule has 0 aliphatic carbocycles. The Kier molecular flexibility index (Phi) is 3.34. The highest BCUT2D eigenvalue weighted by Crippen LogP contribution is 2.13. The molecule has 0 spiro atoms. The largest absolute Gasteiger partial charge is 0.478 e. The van der Waals surface area contributed by atoms with E-state index in [-0.39, 0.29) is 21.9 Å². The number of pyridine rings is 1. The van der Waals surface area contributed by atoms with E-state index in [1.54, 1.807) is 0 Å². The van der Waals surface area contributed by atoms with E-state index in [4.69, 9.17) is 16.7 Å². The minimum absolute atomic E-state index is 0.0706. The van der Waals surface area contributed by atoms with Crippen LogP contribution in [0.3, 0.4) is 0 Å². The Labute approximate surface area is 108 Å². The molecule has 0 aromatic carbocycles. The molecule has 94 valence electrons. The molecule has 2 aromatic rings. The Morgan fingerprint density at radius 3 is 2.89 bits per heavy atom. The monoisotopic (exact) mass is 266 g/mol. The van der Waals surface area contributed by atoms with Crippen molar-refractivity contribution in [3.05, 3.63) is 45.0 Å². The Morgan fingerprint density at radius 1 is 1.56 bits per heavy atom. The van der Waals surface area contributed by atoms with Gasteiger partial charge in [-0.05, 0) is 18.6 Å². The smallest absolute Gasteiger partial charge is 0.335 e. The number of carboxylic acids is 1. The number of aromatic nitrogens is 2. The lowest BCUT2D eigenvalue weighted by molar-refractivity contribution is 0.0697. The molecule has 1 N–H and O–H groups in total. The van der Waals surface area contributed by atoms with Gasteiger partial charge < -0.3 is 5.11 Å². The predicted octanol–water partition coefficient (Wildman–Crippen LogP) is 2.00. The number of halogens is 1. The highest BCUT2D eigenvalue weighted by atomic mass is 35.5. The van der Waals surface area contributed by atoms with Crippen LogP contribution in [0.15, 0.2) is 23.1 Å². The molecular weight excluding hydrogens is 256 g/mol. The molecule has 0 radical (unpaired) electrons. The van der Waals surface area contributed by atoms with Crippen LogP contribution in [-0.2, 0) is 6.42 Å². The molecule has 2 aromatic heterocycles. The van der Waals surface area contributed by atoms with Crippen LogP contribution in [0.4, 0.5) is 0 Å². The van der Waals surface area contributed by atoms with Crippen LogP contribution >= 0.6 is 11.6 Å². The molecule has 0 aliphatic rings. The first-order valence-electron chi connectivity index (χ1n) is 5.48. The summed E-state index contributed by atoms with van der Waals surface area (Å²) in [6.45, 7) is 1.94. The van der Waals surface area contributed by atoms with Crippen molar-refractivity contribution < 1.29 is 9.90 Å². The molecule has 2 rings (SSSR count). The van der Waals surface area contributed by atoms with E-state index < -0.39 is 5.97 Å². The van der Waals surface area contributed by atoms with Gasteiger partial charge in [-0.25, -0.2) is 9.78 Å². The minimum Gasteiger partial charge on any atom is -0.478 e. The number of carbonyl (C=O) groups is 1. The van der Waals surface area contributed by atoms with Crippen molar-refractivity contribution in [2.75, 3.05) is 0 Å². The maximum Gasteiger partial charge on any atom is 0.335 e. The van der Waals surface area contributed by atoms with Crippen molar-refractivity contribution in [3.8, 4) is 0 Å². The van der Waals surface area contributed by atoms with E-state index in [0.29, 0.717) is 12.0 Å². The second-order valence-electron chi connectivity index (χ2n) is 3.89. The van der Waals surface area contributed by atoms with Gasteiger partial charge in [0.05, 0.1) is 11.1 Å². The number of rotatable bonds is 3. The Hall–Kier alpha value is -1.88. The van der Waals surface area contributed by atoms with Gasteiger partial charge in [0.2, 0.25) is 0 Å². The van der Waals surface area contributed by atoms with Gasteiger partial charge in [0.1, 0.15) is 10.8 Å². The molecule has 0 fully saturated rings. The third-order valence-corrected chi connectivity index (χ3v) is 2.93. The fraction of sp³-hybridized carbons (Fsp3) is 0.250. The zero-order valence-corrected chi connectivity index (χ0v) is 10.4. The Morgan fingerprint density at radius 2 is 2.28 bits per heavy atom. The van der Waals surface area contributed by atoms with Crippen LogP contribution in [-0.4, -0.2) is 20.5 Å². The van der Waals surface area contributed by atoms with E-state index in [1.165, 1.54) is 22.7 Å². The summed E-state index contributed by atoms with van der Waals surface area (Å²) in [4.78, 5) is 27.0. The minimum atomic E-state index is -1.07. The maximum absolute atomic E-state index is 12.1. The fourth-order valence-corrected chi connectivity index (χ4v) is 2.00. The summed E-state index contributed by atoms with van der Waals surface area (Å²) >= 11 is 5.95. The Balaban J connectivity index is 2.74. The number of aromatic carboxylic acids is 1. The normalized spacial score (nSPS) is 10.8. The lowest BCUT2D eigenvalue weighted by Gasteiger charge is -2.06. The lowest BCUT2D eigenvalue weighted by Crippen LogP contribution is -2.20. The summed E-state index contributed by atoms with van der Waals surface area (Å²) in [5.41, 5.74) is 0.523. The standard InChI is InChI=1S/C12H11ClN2O3/c1-2-3-8-10(13)14-9-6-7(12(17)18)4-5-15(9)11(8)16/h4-6H,2-3H2,1H3,(H,17,18). The average molecular weight is 267 g/mol. The average Bonchev–Trinajstić information content (AvgIpc) is 2.33. The summed E-state index contributed by atoms with van der Waals surface area (Å²) in [7, 11) is 0. The maximum atomic E-state index is 12.1. The van der Waals surface area contributed by atoms with Crippen LogP contribution in [0.1, 0.15) is 29.3 Å². The number of fused-ring (bicyclic) bond motifs is 1. The van der Waals surface area contributed by atoms with E-state index in [9.17, 15) is 9.59 Å². The van der Waals surface area contributed by atoms with E-state index in [2.05, 4.69) is 4.98 Å². The molecule has 0 saturated carbocycles. The number of hydrogen-bond acceptors (Lipinski definition) is 3. The van der Waals surface area contributed by atoms with Crippen LogP contribution in [0.5, 0.6) is 0 Å². The third-order valence-electron chi connectivity index (χ3n) is 2.62. The molecule has 0 amide bonds. The number of carboxylic acid groups (broad SMARTS) is 1. The predicted molar refractivity (Wildman–Crippen MR) is 67.4 cm³/mol. The molecule has 6 heteroatoms. The summed E-state index contributed by atoms with van der Waals surface area (Å²) in [6, 6.07) is 2.69. The lowest BCUT2D eigenvalue weighted by atomic mass is 10.2. The molecule has 0 unspecified atom stereocenters. The summed E-state index contributed by atoms with van der Waals surface area (Å²) in [6.07, 6.45) is 2.74.